The van der Waals surface area contributed by atoms with Crippen molar-refractivity contribution in [2.45, 2.75) is 13.0 Å². The fourth-order valence-corrected chi connectivity index (χ4v) is 2.49. The molecule has 1 aromatic heterocycles. The van der Waals surface area contributed by atoms with Gasteiger partial charge in [-0.3, -0.25) is 5.84 Å². The average molecular weight is 285 g/mol. The number of para-hydroxylation sites is 1. The molecule has 4 nitrogen and oxygen atoms in total. The summed E-state index contributed by atoms with van der Waals surface area (Å²) in [5, 5.41) is 0.972. The Morgan fingerprint density at radius 3 is 2.71 bits per heavy atom. The second-order valence-corrected chi connectivity index (χ2v) is 5.01. The summed E-state index contributed by atoms with van der Waals surface area (Å²) in [6, 6.07) is 11.5. The third-order valence-electron chi connectivity index (χ3n) is 3.57. The van der Waals surface area contributed by atoms with Gasteiger partial charge >= 0.3 is 0 Å². The van der Waals surface area contributed by atoms with E-state index in [4.69, 9.17) is 16.0 Å². The number of aryl methyl sites for hydroxylation is 1. The van der Waals surface area contributed by atoms with Crippen LogP contribution in [0.4, 0.5) is 10.1 Å². The quantitative estimate of drug-likeness (QED) is 0.393. The van der Waals surface area contributed by atoms with E-state index in [9.17, 15) is 4.39 Å². The highest BCUT2D eigenvalue weighted by molar-refractivity contribution is 5.81. The topological polar surface area (TPSA) is 77.2 Å². The van der Waals surface area contributed by atoms with Crippen molar-refractivity contribution in [1.82, 2.24) is 5.43 Å². The third-order valence-corrected chi connectivity index (χ3v) is 3.57. The maximum Gasteiger partial charge on any atom is 0.137 e. The Morgan fingerprint density at radius 1 is 1.19 bits per heavy atom. The number of hydrazine groups is 1. The number of nitrogen functional groups attached to an aromatic ring is 1. The molecule has 3 aromatic rings. The van der Waals surface area contributed by atoms with Crippen LogP contribution in [-0.4, -0.2) is 0 Å². The standard InChI is InChI=1S/C16H16FN3O/c1-9-3-2-4-10-7-14(21-16(9)10)15(20-19)12-8-11(17)5-6-13(12)18/h2-8,15,20H,18-19H2,1H3. The SMILES string of the molecule is Cc1cccc2cc(C(NN)c3cc(F)ccc3N)oc12. The minimum absolute atomic E-state index is 0.369. The van der Waals surface area contributed by atoms with Crippen molar-refractivity contribution in [3.8, 4) is 0 Å². The Bertz CT molecular complexity index is 797. The molecule has 0 aliphatic rings. The molecular formula is C16H16FN3O. The molecule has 1 heterocycles. The summed E-state index contributed by atoms with van der Waals surface area (Å²) in [5.41, 5.74) is 11.4. The molecule has 0 radical (unpaired) electrons. The van der Waals surface area contributed by atoms with Crippen LogP contribution in [0.15, 0.2) is 46.9 Å². The second kappa shape index (κ2) is 5.20. The molecule has 2 aromatic carbocycles. The number of furan rings is 1. The molecule has 0 saturated heterocycles. The maximum absolute atomic E-state index is 13.5. The number of halogens is 1. The highest BCUT2D eigenvalue weighted by Crippen LogP contribution is 2.32. The average Bonchev–Trinajstić information content (AvgIpc) is 2.89. The minimum Gasteiger partial charge on any atom is -0.459 e. The molecule has 5 N–H and O–H groups in total. The predicted octanol–water partition coefficient (Wildman–Crippen LogP) is 3.02. The van der Waals surface area contributed by atoms with Crippen LogP contribution in [-0.2, 0) is 0 Å². The lowest BCUT2D eigenvalue weighted by atomic mass is 10.0. The van der Waals surface area contributed by atoms with Crippen LogP contribution in [0.25, 0.3) is 11.0 Å². The van der Waals surface area contributed by atoms with Crippen LogP contribution in [0, 0.1) is 12.7 Å². The molecule has 0 aliphatic carbocycles. The summed E-state index contributed by atoms with van der Waals surface area (Å²) in [7, 11) is 0. The lowest BCUT2D eigenvalue weighted by Gasteiger charge is -2.16. The first-order valence-electron chi connectivity index (χ1n) is 6.60. The first-order valence-corrected chi connectivity index (χ1v) is 6.60. The van der Waals surface area contributed by atoms with E-state index in [1.807, 2.05) is 31.2 Å². The number of rotatable bonds is 3. The summed E-state index contributed by atoms with van der Waals surface area (Å²) in [4.78, 5) is 0. The minimum atomic E-state index is -0.507. The zero-order chi connectivity index (χ0) is 15.0. The second-order valence-electron chi connectivity index (χ2n) is 5.01. The van der Waals surface area contributed by atoms with E-state index in [0.717, 1.165) is 16.5 Å². The van der Waals surface area contributed by atoms with Gasteiger partial charge in [-0.05, 0) is 36.8 Å². The van der Waals surface area contributed by atoms with Crippen molar-refractivity contribution in [2.24, 2.45) is 5.84 Å². The Balaban J connectivity index is 2.13. The third kappa shape index (κ3) is 2.37. The molecule has 0 fully saturated rings. The van der Waals surface area contributed by atoms with E-state index in [2.05, 4.69) is 5.43 Å². The van der Waals surface area contributed by atoms with Gasteiger partial charge in [0.25, 0.3) is 0 Å². The number of hydrogen-bond donors (Lipinski definition) is 3. The summed E-state index contributed by atoms with van der Waals surface area (Å²) < 4.78 is 19.4. The molecule has 0 aliphatic heterocycles. The Kier molecular flexibility index (Phi) is 3.37. The molecule has 21 heavy (non-hydrogen) atoms. The molecule has 1 atom stereocenters. The van der Waals surface area contributed by atoms with Gasteiger partial charge in [0.05, 0.1) is 0 Å². The van der Waals surface area contributed by atoms with E-state index in [0.29, 0.717) is 17.0 Å². The number of anilines is 1. The largest absolute Gasteiger partial charge is 0.459 e. The van der Waals surface area contributed by atoms with E-state index in [1.54, 1.807) is 0 Å². The summed E-state index contributed by atoms with van der Waals surface area (Å²) in [6.45, 7) is 1.97. The fraction of sp³-hybridized carbons (Fsp3) is 0.125. The molecular weight excluding hydrogens is 269 g/mol. The number of benzene rings is 2. The monoisotopic (exact) mass is 285 g/mol. The van der Waals surface area contributed by atoms with Crippen molar-refractivity contribution in [1.29, 1.82) is 0 Å². The summed E-state index contributed by atoms with van der Waals surface area (Å²) in [6.07, 6.45) is 0. The van der Waals surface area contributed by atoms with Crippen LogP contribution in [0.5, 0.6) is 0 Å². The first-order chi connectivity index (χ1) is 10.1. The first kappa shape index (κ1) is 13.6. The molecule has 0 spiro atoms. The van der Waals surface area contributed by atoms with Crippen LogP contribution >= 0.6 is 0 Å². The predicted molar refractivity (Wildman–Crippen MR) is 80.9 cm³/mol. The Labute approximate surface area is 121 Å². The van der Waals surface area contributed by atoms with Gasteiger partial charge in [0.2, 0.25) is 0 Å². The van der Waals surface area contributed by atoms with Gasteiger partial charge in [-0.2, -0.15) is 0 Å². The molecule has 108 valence electrons. The molecule has 0 saturated carbocycles. The molecule has 3 rings (SSSR count). The lowest BCUT2D eigenvalue weighted by molar-refractivity contribution is 0.475. The van der Waals surface area contributed by atoms with Crippen LogP contribution < -0.4 is 17.0 Å². The zero-order valence-electron chi connectivity index (χ0n) is 11.6. The van der Waals surface area contributed by atoms with Gasteiger partial charge in [0.15, 0.2) is 0 Å². The van der Waals surface area contributed by atoms with E-state index in [-0.39, 0.29) is 5.82 Å². The van der Waals surface area contributed by atoms with Crippen molar-refractivity contribution in [2.75, 3.05) is 5.73 Å². The fourth-order valence-electron chi connectivity index (χ4n) is 2.49. The van der Waals surface area contributed by atoms with Gasteiger partial charge in [-0.25, -0.2) is 9.82 Å². The van der Waals surface area contributed by atoms with Crippen LogP contribution in [0.3, 0.4) is 0 Å². The maximum atomic E-state index is 13.5. The van der Waals surface area contributed by atoms with Gasteiger partial charge in [0.1, 0.15) is 23.2 Å². The van der Waals surface area contributed by atoms with Crippen molar-refractivity contribution in [3.63, 3.8) is 0 Å². The van der Waals surface area contributed by atoms with Gasteiger partial charge in [0, 0.05) is 16.6 Å². The van der Waals surface area contributed by atoms with E-state index >= 15 is 0 Å². The van der Waals surface area contributed by atoms with Crippen LogP contribution in [0.2, 0.25) is 0 Å². The number of nitrogens with one attached hydrogen (secondary N) is 1. The Hall–Kier alpha value is -2.37. The van der Waals surface area contributed by atoms with Gasteiger partial charge in [-0.15, -0.1) is 0 Å². The van der Waals surface area contributed by atoms with Crippen molar-refractivity contribution in [3.05, 3.63) is 65.2 Å². The van der Waals surface area contributed by atoms with Crippen molar-refractivity contribution < 1.29 is 8.81 Å². The molecule has 0 bridgehead atoms. The van der Waals surface area contributed by atoms with E-state index in [1.165, 1.54) is 18.2 Å². The normalized spacial score (nSPS) is 12.7. The van der Waals surface area contributed by atoms with Crippen molar-refractivity contribution >= 4 is 16.7 Å². The zero-order valence-corrected chi connectivity index (χ0v) is 11.6. The molecule has 1 unspecified atom stereocenters. The lowest BCUT2D eigenvalue weighted by Crippen LogP contribution is -2.29. The van der Waals surface area contributed by atoms with Gasteiger partial charge in [-0.1, -0.05) is 18.2 Å². The number of hydrogen-bond acceptors (Lipinski definition) is 4. The summed E-state index contributed by atoms with van der Waals surface area (Å²) in [5.74, 6) is 5.86. The molecule has 5 heteroatoms. The Morgan fingerprint density at radius 2 is 2.00 bits per heavy atom. The summed E-state index contributed by atoms with van der Waals surface area (Å²) >= 11 is 0. The van der Waals surface area contributed by atoms with Crippen LogP contribution in [0.1, 0.15) is 22.9 Å². The number of nitrogens with two attached hydrogens (primary N) is 2. The van der Waals surface area contributed by atoms with E-state index < -0.39 is 6.04 Å². The highest BCUT2D eigenvalue weighted by atomic mass is 19.1. The highest BCUT2D eigenvalue weighted by Gasteiger charge is 2.20. The van der Waals surface area contributed by atoms with Gasteiger partial charge < -0.3 is 10.2 Å². The molecule has 0 amide bonds. The number of fused-ring (bicyclic) bond motifs is 1. The smallest absolute Gasteiger partial charge is 0.137 e.